The molecule has 1 aliphatic rings. The Hall–Kier alpha value is 2.39. The Morgan fingerprint density at radius 2 is 1.59 bits per heavy atom. The first-order valence-corrected chi connectivity index (χ1v) is 12.8. The monoisotopic (exact) mass is 569 g/mol. The first kappa shape index (κ1) is 36.5. The Kier molecular flexibility index (Phi) is 16.4. The minimum atomic E-state index is -5.52. The minimum Gasteiger partial charge on any atom is -0.387 e. The molecule has 3 radical (unpaired) electrons. The van der Waals surface area contributed by atoms with Crippen molar-refractivity contribution in [3.05, 3.63) is 33.1 Å². The number of phosphoric ester groups is 1. The molecule has 16 nitrogen and oxygen atoms in total. The molecule has 6 atom stereocenters. The number of aliphatic hydroxyl groups excluding tert-OH is 2. The molecule has 0 saturated carbocycles. The van der Waals surface area contributed by atoms with Crippen molar-refractivity contribution in [3.63, 3.8) is 0 Å². The molecule has 0 amide bonds. The number of H-pyrrole nitrogens is 1. The van der Waals surface area contributed by atoms with Crippen LogP contribution in [0.1, 0.15) is 6.23 Å². The second-order valence-electron chi connectivity index (χ2n) is 5.45. The summed E-state index contributed by atoms with van der Waals surface area (Å²) < 4.78 is 40.9. The van der Waals surface area contributed by atoms with E-state index in [1.165, 1.54) is 0 Å². The number of rotatable bonds is 8. The zero-order chi connectivity index (χ0) is 22.2. The standard InChI is InChI=1S/C9H15N2O14P3S.3Na/c12-5-1-2-11(9(15)10-5)8-7(14)6(13)4(23-8)3-22-26(16,17)24-27(18,19)25-28(20,21)29;;;/h1-2,4,6-8,13-14H,3H2,(H,16,17)(H,18,19)(H,10,12,15)(H2,20,21,29);;;/t4-,6-,7-,8-;;;/m1.../s1. The summed E-state index contributed by atoms with van der Waals surface area (Å²) in [5.74, 6) is 0. The Bertz CT molecular complexity index is 1020. The molecule has 1 aliphatic heterocycles. The smallest absolute Gasteiger partial charge is 0.387 e. The largest absolute Gasteiger partial charge is 0.488 e. The van der Waals surface area contributed by atoms with Gasteiger partial charge in [0.05, 0.1) is 6.61 Å². The van der Waals surface area contributed by atoms with Gasteiger partial charge in [-0.2, -0.15) is 4.31 Å². The van der Waals surface area contributed by atoms with Gasteiger partial charge in [-0.25, -0.2) is 18.2 Å². The molecule has 169 valence electrons. The van der Waals surface area contributed by atoms with Gasteiger partial charge in [0.25, 0.3) is 5.56 Å². The Morgan fingerprint density at radius 1 is 1.03 bits per heavy atom. The number of hydrogen-bond donors (Lipinski definition) is 7. The maximum absolute atomic E-state index is 11.8. The van der Waals surface area contributed by atoms with Gasteiger partial charge in [0, 0.05) is 101 Å². The molecular weight excluding hydrogens is 554 g/mol. The second-order valence-corrected chi connectivity index (χ2v) is 11.3. The van der Waals surface area contributed by atoms with Gasteiger partial charge >= 0.3 is 28.1 Å². The van der Waals surface area contributed by atoms with Gasteiger partial charge in [0.2, 0.25) is 0 Å². The van der Waals surface area contributed by atoms with Crippen LogP contribution in [0, 0.1) is 0 Å². The maximum Gasteiger partial charge on any atom is 0.488 e. The fraction of sp³-hybridized carbons (Fsp3) is 0.556. The van der Waals surface area contributed by atoms with Crippen LogP contribution in [0.5, 0.6) is 0 Å². The van der Waals surface area contributed by atoms with Crippen LogP contribution < -0.4 is 11.2 Å². The zero-order valence-corrected chi connectivity index (χ0v) is 26.3. The topological polar surface area (TPSA) is 247 Å². The molecule has 2 heterocycles. The molecule has 7 N–H and O–H groups in total. The van der Waals surface area contributed by atoms with E-state index in [1.807, 2.05) is 4.98 Å². The van der Waals surface area contributed by atoms with E-state index >= 15 is 0 Å². The Labute approximate surface area is 250 Å². The van der Waals surface area contributed by atoms with Crippen molar-refractivity contribution in [1.29, 1.82) is 0 Å². The van der Waals surface area contributed by atoms with Crippen molar-refractivity contribution in [2.24, 2.45) is 0 Å². The molecule has 1 fully saturated rings. The maximum atomic E-state index is 11.8. The molecule has 23 heteroatoms. The van der Waals surface area contributed by atoms with Crippen LogP contribution in [0.4, 0.5) is 0 Å². The Morgan fingerprint density at radius 3 is 2.09 bits per heavy atom. The van der Waals surface area contributed by atoms with Gasteiger partial charge in [-0.05, 0) is 11.8 Å². The van der Waals surface area contributed by atoms with Gasteiger partial charge in [0.1, 0.15) is 18.3 Å². The number of ether oxygens (including phenoxy) is 1. The van der Waals surface area contributed by atoms with E-state index < -0.39 is 64.8 Å². The van der Waals surface area contributed by atoms with Crippen LogP contribution >= 0.6 is 22.4 Å². The van der Waals surface area contributed by atoms with Crippen molar-refractivity contribution in [3.8, 4) is 0 Å². The second kappa shape index (κ2) is 14.4. The van der Waals surface area contributed by atoms with E-state index in [-0.39, 0.29) is 88.7 Å². The normalized spacial score (nSPS) is 26.6. The van der Waals surface area contributed by atoms with Crippen LogP contribution in [-0.4, -0.2) is 153 Å². The van der Waals surface area contributed by atoms with Crippen molar-refractivity contribution < 1.29 is 56.8 Å². The van der Waals surface area contributed by atoms with Gasteiger partial charge in [-0.15, -0.1) is 0 Å². The van der Waals surface area contributed by atoms with Gasteiger partial charge in [-0.3, -0.25) is 18.9 Å². The summed E-state index contributed by atoms with van der Waals surface area (Å²) in [5, 5.41) is 20.0. The number of aliphatic hydroxyl groups is 2. The van der Waals surface area contributed by atoms with Crippen LogP contribution in [0.3, 0.4) is 0 Å². The van der Waals surface area contributed by atoms with Gasteiger partial charge < -0.3 is 34.5 Å². The number of aromatic amines is 1. The SMILES string of the molecule is O=c1ccn([C@@H]2O[C@H](COP(=O)(O)OP(=O)(O)OP(O)(O)=S)[C@@H](O)[C@H]2O)c(=O)[nH]1.[Na].[Na].[Na]. The predicted molar refractivity (Wildman–Crippen MR) is 111 cm³/mol. The fourth-order valence-corrected chi connectivity index (χ4v) is 5.98. The van der Waals surface area contributed by atoms with E-state index in [4.69, 9.17) is 19.4 Å². The van der Waals surface area contributed by atoms with Crippen molar-refractivity contribution in [1.82, 2.24) is 9.55 Å². The fourth-order valence-electron chi connectivity index (χ4n) is 2.20. The third kappa shape index (κ3) is 11.2. The van der Waals surface area contributed by atoms with E-state index in [0.717, 1.165) is 16.8 Å². The summed E-state index contributed by atoms with van der Waals surface area (Å²) in [6.07, 6.45) is -5.55. The molecular formula is C9H15N2Na3O14P3S. The average Bonchev–Trinajstić information content (AvgIpc) is 2.78. The van der Waals surface area contributed by atoms with E-state index in [9.17, 15) is 33.8 Å². The summed E-state index contributed by atoms with van der Waals surface area (Å²) in [5.41, 5.74) is -1.71. The summed E-state index contributed by atoms with van der Waals surface area (Å²) in [6.45, 7) is -5.72. The molecule has 1 aromatic heterocycles. The van der Waals surface area contributed by atoms with Crippen molar-refractivity contribution in [2.45, 2.75) is 24.5 Å². The first-order valence-electron chi connectivity index (χ1n) is 7.22. The number of nitrogens with zero attached hydrogens (tertiary/aromatic N) is 1. The zero-order valence-electron chi connectivity index (χ0n) is 16.8. The van der Waals surface area contributed by atoms with E-state index in [1.54, 1.807) is 0 Å². The van der Waals surface area contributed by atoms with Crippen LogP contribution in [0.25, 0.3) is 0 Å². The number of phosphoric acid groups is 2. The molecule has 1 aromatic rings. The van der Waals surface area contributed by atoms with Crippen molar-refractivity contribution in [2.75, 3.05) is 6.61 Å². The molecule has 0 spiro atoms. The molecule has 0 aliphatic carbocycles. The number of aromatic nitrogens is 2. The summed E-state index contributed by atoms with van der Waals surface area (Å²) in [4.78, 5) is 60.9. The predicted octanol–water partition coefficient (Wildman–Crippen LogP) is -3.53. The van der Waals surface area contributed by atoms with Crippen molar-refractivity contribution >= 4 is 123 Å². The summed E-state index contributed by atoms with van der Waals surface area (Å²) >= 11 is 3.93. The van der Waals surface area contributed by atoms with Crippen LogP contribution in [-0.2, 0) is 38.8 Å². The van der Waals surface area contributed by atoms with Gasteiger partial charge in [-0.1, -0.05) is 0 Å². The van der Waals surface area contributed by atoms with Gasteiger partial charge in [0.15, 0.2) is 6.23 Å². The third-order valence-corrected chi connectivity index (χ3v) is 7.68. The Balaban J connectivity index is 0. The molecule has 32 heavy (non-hydrogen) atoms. The molecule has 1 saturated heterocycles. The number of hydrogen-bond acceptors (Lipinski definition) is 11. The molecule has 2 unspecified atom stereocenters. The number of nitrogens with one attached hydrogen (secondary N) is 1. The van der Waals surface area contributed by atoms with E-state index in [2.05, 4.69) is 25.0 Å². The van der Waals surface area contributed by atoms with E-state index in [0.29, 0.717) is 0 Å². The molecule has 0 aromatic carbocycles. The molecule has 2 rings (SSSR count). The first-order chi connectivity index (χ1) is 13.1. The minimum absolute atomic E-state index is 0. The quantitative estimate of drug-likeness (QED) is 0.118. The third-order valence-electron chi connectivity index (χ3n) is 3.28. The summed E-state index contributed by atoms with van der Waals surface area (Å²) in [6, 6.07) is 0.937. The average molecular weight is 569 g/mol. The van der Waals surface area contributed by atoms with Crippen LogP contribution in [0.2, 0.25) is 0 Å². The summed E-state index contributed by atoms with van der Waals surface area (Å²) in [7, 11) is -10.9. The van der Waals surface area contributed by atoms with Crippen LogP contribution in [0.15, 0.2) is 21.9 Å². The molecule has 0 bridgehead atoms.